The highest BCUT2D eigenvalue weighted by Crippen LogP contribution is 2.17. The van der Waals surface area contributed by atoms with Gasteiger partial charge in [0.1, 0.15) is 12.1 Å². The molecule has 1 aromatic heterocycles. The van der Waals surface area contributed by atoms with Crippen molar-refractivity contribution in [2.45, 2.75) is 13.1 Å². The molecule has 0 saturated carbocycles. The van der Waals surface area contributed by atoms with Crippen LogP contribution in [0.15, 0.2) is 41.3 Å². The van der Waals surface area contributed by atoms with Crippen LogP contribution < -0.4 is 5.32 Å². The quantitative estimate of drug-likeness (QED) is 0.942. The van der Waals surface area contributed by atoms with E-state index in [4.69, 9.17) is 0 Å². The van der Waals surface area contributed by atoms with Gasteiger partial charge < -0.3 is 5.32 Å². The van der Waals surface area contributed by atoms with Crippen molar-refractivity contribution in [3.63, 3.8) is 0 Å². The summed E-state index contributed by atoms with van der Waals surface area (Å²) in [5, 5.41) is 3.20. The molecule has 0 fully saturated rings. The van der Waals surface area contributed by atoms with Gasteiger partial charge in [-0.1, -0.05) is 15.9 Å². The Bertz CT molecular complexity index is 490. The molecule has 0 radical (unpaired) electrons. The fourth-order valence-corrected chi connectivity index (χ4v) is 1.81. The third-order valence-electron chi connectivity index (χ3n) is 2.27. The standard InChI is InChI=1S/C12H11BrFN3/c13-12-2-1-10(14)5-9(12)6-16-7-11-3-4-15-8-17-11/h1-5,8,16H,6-7H2. The molecule has 1 N–H and O–H groups in total. The molecule has 17 heavy (non-hydrogen) atoms. The van der Waals surface area contributed by atoms with E-state index in [-0.39, 0.29) is 5.82 Å². The molecule has 3 nitrogen and oxygen atoms in total. The van der Waals surface area contributed by atoms with Crippen molar-refractivity contribution in [3.05, 3.63) is 58.3 Å². The van der Waals surface area contributed by atoms with Gasteiger partial charge in [0.05, 0.1) is 5.69 Å². The zero-order valence-corrected chi connectivity index (χ0v) is 10.6. The summed E-state index contributed by atoms with van der Waals surface area (Å²) in [6.45, 7) is 1.22. The zero-order chi connectivity index (χ0) is 12.1. The maximum absolute atomic E-state index is 13.0. The summed E-state index contributed by atoms with van der Waals surface area (Å²) in [4.78, 5) is 7.93. The number of aromatic nitrogens is 2. The Morgan fingerprint density at radius 3 is 2.88 bits per heavy atom. The molecule has 0 amide bonds. The number of hydrogen-bond acceptors (Lipinski definition) is 3. The molecule has 0 aliphatic heterocycles. The van der Waals surface area contributed by atoms with Crippen LogP contribution in [-0.2, 0) is 13.1 Å². The van der Waals surface area contributed by atoms with E-state index in [0.29, 0.717) is 13.1 Å². The van der Waals surface area contributed by atoms with Gasteiger partial charge in [0, 0.05) is 23.8 Å². The van der Waals surface area contributed by atoms with Crippen molar-refractivity contribution in [1.82, 2.24) is 15.3 Å². The Balaban J connectivity index is 1.92. The summed E-state index contributed by atoms with van der Waals surface area (Å²) in [6.07, 6.45) is 3.21. The Morgan fingerprint density at radius 2 is 2.12 bits per heavy atom. The zero-order valence-electron chi connectivity index (χ0n) is 9.03. The molecule has 0 aliphatic carbocycles. The van der Waals surface area contributed by atoms with Crippen LogP contribution in [0.4, 0.5) is 4.39 Å². The first-order valence-electron chi connectivity index (χ1n) is 5.15. The minimum absolute atomic E-state index is 0.230. The van der Waals surface area contributed by atoms with Gasteiger partial charge in [0.15, 0.2) is 0 Å². The molecule has 88 valence electrons. The topological polar surface area (TPSA) is 37.8 Å². The van der Waals surface area contributed by atoms with Crippen molar-refractivity contribution in [1.29, 1.82) is 0 Å². The van der Waals surface area contributed by atoms with Crippen LogP contribution in [0.2, 0.25) is 0 Å². The number of benzene rings is 1. The molecular weight excluding hydrogens is 285 g/mol. The lowest BCUT2D eigenvalue weighted by molar-refractivity contribution is 0.618. The molecule has 0 bridgehead atoms. The summed E-state index contributed by atoms with van der Waals surface area (Å²) in [7, 11) is 0. The third kappa shape index (κ3) is 3.57. The molecule has 1 aromatic carbocycles. The number of nitrogens with zero attached hydrogens (tertiary/aromatic N) is 2. The average molecular weight is 296 g/mol. The maximum Gasteiger partial charge on any atom is 0.123 e. The van der Waals surface area contributed by atoms with Crippen molar-refractivity contribution in [2.24, 2.45) is 0 Å². The predicted molar refractivity (Wildman–Crippen MR) is 66.7 cm³/mol. The van der Waals surface area contributed by atoms with E-state index in [9.17, 15) is 4.39 Å². The van der Waals surface area contributed by atoms with E-state index in [1.54, 1.807) is 12.3 Å². The molecule has 2 aromatic rings. The lowest BCUT2D eigenvalue weighted by atomic mass is 10.2. The summed E-state index contributed by atoms with van der Waals surface area (Å²) in [6, 6.07) is 6.49. The first-order chi connectivity index (χ1) is 8.25. The molecule has 1 heterocycles. The number of nitrogens with one attached hydrogen (secondary N) is 1. The summed E-state index contributed by atoms with van der Waals surface area (Å²) < 4.78 is 13.9. The van der Waals surface area contributed by atoms with Crippen LogP contribution in [0, 0.1) is 5.82 Å². The highest BCUT2D eigenvalue weighted by Gasteiger charge is 2.01. The van der Waals surface area contributed by atoms with E-state index in [1.165, 1.54) is 18.5 Å². The monoisotopic (exact) mass is 295 g/mol. The molecule has 0 unspecified atom stereocenters. The second-order valence-corrected chi connectivity index (χ2v) is 4.39. The minimum atomic E-state index is -0.230. The summed E-state index contributed by atoms with van der Waals surface area (Å²) >= 11 is 3.38. The average Bonchev–Trinajstić information content (AvgIpc) is 2.35. The second kappa shape index (κ2) is 5.84. The van der Waals surface area contributed by atoms with E-state index >= 15 is 0 Å². The Labute approximate surface area is 107 Å². The number of hydrogen-bond donors (Lipinski definition) is 1. The normalized spacial score (nSPS) is 10.5. The number of halogens is 2. The van der Waals surface area contributed by atoms with Crippen LogP contribution in [0.25, 0.3) is 0 Å². The summed E-state index contributed by atoms with van der Waals surface area (Å²) in [5.41, 5.74) is 1.80. The fraction of sp³-hybridized carbons (Fsp3) is 0.167. The molecule has 0 spiro atoms. The van der Waals surface area contributed by atoms with Crippen LogP contribution >= 0.6 is 15.9 Å². The highest BCUT2D eigenvalue weighted by molar-refractivity contribution is 9.10. The van der Waals surface area contributed by atoms with E-state index < -0.39 is 0 Å². The minimum Gasteiger partial charge on any atom is -0.307 e. The van der Waals surface area contributed by atoms with Crippen LogP contribution in [0.3, 0.4) is 0 Å². The maximum atomic E-state index is 13.0. The SMILES string of the molecule is Fc1ccc(Br)c(CNCc2ccncn2)c1. The molecule has 2 rings (SSSR count). The second-order valence-electron chi connectivity index (χ2n) is 3.54. The largest absolute Gasteiger partial charge is 0.307 e. The van der Waals surface area contributed by atoms with Gasteiger partial charge in [-0.2, -0.15) is 0 Å². The van der Waals surface area contributed by atoms with Crippen LogP contribution in [0.1, 0.15) is 11.3 Å². The molecule has 0 saturated heterocycles. The van der Waals surface area contributed by atoms with Gasteiger partial charge in [-0.05, 0) is 29.8 Å². The van der Waals surface area contributed by atoms with Crippen molar-refractivity contribution < 1.29 is 4.39 Å². The highest BCUT2D eigenvalue weighted by atomic mass is 79.9. The van der Waals surface area contributed by atoms with Gasteiger partial charge in [-0.25, -0.2) is 14.4 Å². The lowest BCUT2D eigenvalue weighted by Crippen LogP contribution is -2.14. The molecule has 5 heteroatoms. The predicted octanol–water partition coefficient (Wildman–Crippen LogP) is 2.67. The van der Waals surface area contributed by atoms with E-state index in [0.717, 1.165) is 15.7 Å². The van der Waals surface area contributed by atoms with Gasteiger partial charge in [0.25, 0.3) is 0 Å². The lowest BCUT2D eigenvalue weighted by Gasteiger charge is -2.06. The van der Waals surface area contributed by atoms with E-state index in [1.807, 2.05) is 6.07 Å². The Morgan fingerprint density at radius 1 is 1.24 bits per heavy atom. The van der Waals surface area contributed by atoms with Gasteiger partial charge in [0.2, 0.25) is 0 Å². The van der Waals surface area contributed by atoms with Crippen molar-refractivity contribution in [3.8, 4) is 0 Å². The van der Waals surface area contributed by atoms with Crippen LogP contribution in [0.5, 0.6) is 0 Å². The molecule has 0 atom stereocenters. The van der Waals surface area contributed by atoms with Crippen LogP contribution in [-0.4, -0.2) is 9.97 Å². The summed E-state index contributed by atoms with van der Waals surface area (Å²) in [5.74, 6) is -0.230. The smallest absolute Gasteiger partial charge is 0.123 e. The van der Waals surface area contributed by atoms with Crippen molar-refractivity contribution in [2.75, 3.05) is 0 Å². The Kier molecular flexibility index (Phi) is 4.17. The molecular formula is C12H11BrFN3. The first-order valence-corrected chi connectivity index (χ1v) is 5.94. The van der Waals surface area contributed by atoms with Crippen molar-refractivity contribution >= 4 is 15.9 Å². The van der Waals surface area contributed by atoms with Gasteiger partial charge in [-0.15, -0.1) is 0 Å². The third-order valence-corrected chi connectivity index (χ3v) is 3.05. The fourth-order valence-electron chi connectivity index (χ4n) is 1.43. The van der Waals surface area contributed by atoms with E-state index in [2.05, 4.69) is 31.2 Å². The van der Waals surface area contributed by atoms with Gasteiger partial charge in [-0.3, -0.25) is 0 Å². The Hall–Kier alpha value is -1.33. The van der Waals surface area contributed by atoms with Gasteiger partial charge >= 0.3 is 0 Å². The first kappa shape index (κ1) is 12.1. The molecule has 0 aliphatic rings. The number of rotatable bonds is 4.